The lowest BCUT2D eigenvalue weighted by Gasteiger charge is -2.45. The zero-order valence-corrected chi connectivity index (χ0v) is 13.3. The number of para-hydroxylation sites is 1. The fourth-order valence-corrected chi connectivity index (χ4v) is 3.47. The first kappa shape index (κ1) is 14.8. The molecule has 0 saturated carbocycles. The molecule has 2 N–H and O–H groups in total. The van der Waals surface area contributed by atoms with Gasteiger partial charge in [-0.2, -0.15) is 0 Å². The van der Waals surface area contributed by atoms with E-state index in [1.807, 2.05) is 59.5 Å². The molecule has 0 aliphatic carbocycles. The van der Waals surface area contributed by atoms with Crippen LogP contribution in [0.25, 0.3) is 0 Å². The molecule has 2 heterocycles. The van der Waals surface area contributed by atoms with Gasteiger partial charge in [0, 0.05) is 37.2 Å². The number of carbonyl (C=O) groups is 2. The molecule has 0 unspecified atom stereocenters. The third kappa shape index (κ3) is 2.52. The van der Waals surface area contributed by atoms with Gasteiger partial charge in [-0.3, -0.25) is 9.59 Å². The second-order valence-corrected chi connectivity index (χ2v) is 6.37. The molecule has 2 aliphatic heterocycles. The van der Waals surface area contributed by atoms with Crippen LogP contribution in [0.5, 0.6) is 0 Å². The van der Waals surface area contributed by atoms with Crippen molar-refractivity contribution in [1.82, 2.24) is 10.2 Å². The number of nitrogens with zero attached hydrogens (tertiary/aromatic N) is 1. The molecular weight excluding hydrogens is 302 g/mol. The predicted molar refractivity (Wildman–Crippen MR) is 91.8 cm³/mol. The number of hydrogen-bond acceptors (Lipinski definition) is 3. The SMILES string of the molecule is O=C1NC2(CCN(C(=O)c3ccccc3)CC2)Nc2ccccc21. The van der Waals surface area contributed by atoms with E-state index in [-0.39, 0.29) is 11.8 Å². The number of nitrogens with one attached hydrogen (secondary N) is 2. The van der Waals surface area contributed by atoms with Crippen molar-refractivity contribution in [2.24, 2.45) is 0 Å². The highest BCUT2D eigenvalue weighted by Gasteiger charge is 2.40. The fourth-order valence-electron chi connectivity index (χ4n) is 3.47. The van der Waals surface area contributed by atoms with Crippen molar-refractivity contribution in [2.45, 2.75) is 18.5 Å². The molecule has 24 heavy (non-hydrogen) atoms. The fraction of sp³-hybridized carbons (Fsp3) is 0.263. The number of piperidine rings is 1. The van der Waals surface area contributed by atoms with Gasteiger partial charge in [0.2, 0.25) is 0 Å². The van der Waals surface area contributed by atoms with E-state index in [9.17, 15) is 9.59 Å². The summed E-state index contributed by atoms with van der Waals surface area (Å²) in [5.41, 5.74) is 1.79. The van der Waals surface area contributed by atoms with E-state index in [1.165, 1.54) is 0 Å². The molecule has 1 spiro atoms. The van der Waals surface area contributed by atoms with Crippen molar-refractivity contribution in [3.8, 4) is 0 Å². The first-order chi connectivity index (χ1) is 11.7. The third-order valence-electron chi connectivity index (χ3n) is 4.82. The zero-order chi connectivity index (χ0) is 16.6. The van der Waals surface area contributed by atoms with Crippen molar-refractivity contribution >= 4 is 17.5 Å². The number of carbonyl (C=O) groups excluding carboxylic acids is 2. The van der Waals surface area contributed by atoms with E-state index in [0.717, 1.165) is 5.69 Å². The molecule has 122 valence electrons. The maximum Gasteiger partial charge on any atom is 0.255 e. The summed E-state index contributed by atoms with van der Waals surface area (Å²) in [7, 11) is 0. The smallest absolute Gasteiger partial charge is 0.255 e. The van der Waals surface area contributed by atoms with Crippen molar-refractivity contribution in [2.75, 3.05) is 18.4 Å². The van der Waals surface area contributed by atoms with Gasteiger partial charge in [-0.15, -0.1) is 0 Å². The number of anilines is 1. The van der Waals surface area contributed by atoms with Crippen molar-refractivity contribution in [3.63, 3.8) is 0 Å². The summed E-state index contributed by atoms with van der Waals surface area (Å²) >= 11 is 0. The molecule has 1 saturated heterocycles. The molecule has 2 amide bonds. The maximum absolute atomic E-state index is 12.6. The van der Waals surface area contributed by atoms with Crippen LogP contribution in [-0.2, 0) is 0 Å². The lowest BCUT2D eigenvalue weighted by atomic mass is 9.92. The van der Waals surface area contributed by atoms with Crippen LogP contribution in [0.2, 0.25) is 0 Å². The Bertz CT molecular complexity index is 780. The number of fused-ring (bicyclic) bond motifs is 1. The maximum atomic E-state index is 12.6. The van der Waals surface area contributed by atoms with Crippen molar-refractivity contribution < 1.29 is 9.59 Å². The van der Waals surface area contributed by atoms with E-state index < -0.39 is 5.66 Å². The topological polar surface area (TPSA) is 61.4 Å². The molecule has 0 aromatic heterocycles. The lowest BCUT2D eigenvalue weighted by molar-refractivity contribution is 0.0639. The van der Waals surface area contributed by atoms with E-state index >= 15 is 0 Å². The highest BCUT2D eigenvalue weighted by molar-refractivity contribution is 6.02. The normalized spacial score (nSPS) is 18.5. The molecule has 0 bridgehead atoms. The van der Waals surface area contributed by atoms with Gasteiger partial charge in [0.15, 0.2) is 0 Å². The van der Waals surface area contributed by atoms with Crippen LogP contribution in [0.15, 0.2) is 54.6 Å². The van der Waals surface area contributed by atoms with Gasteiger partial charge in [0.05, 0.1) is 5.56 Å². The highest BCUT2D eigenvalue weighted by atomic mass is 16.2. The summed E-state index contributed by atoms with van der Waals surface area (Å²) in [5, 5.41) is 6.57. The Morgan fingerprint density at radius 1 is 0.917 bits per heavy atom. The summed E-state index contributed by atoms with van der Waals surface area (Å²) in [4.78, 5) is 26.8. The van der Waals surface area contributed by atoms with Crippen LogP contribution in [0, 0.1) is 0 Å². The van der Waals surface area contributed by atoms with Crippen LogP contribution in [0.1, 0.15) is 33.6 Å². The second kappa shape index (κ2) is 5.67. The Morgan fingerprint density at radius 2 is 1.58 bits per heavy atom. The van der Waals surface area contributed by atoms with Crippen LogP contribution < -0.4 is 10.6 Å². The number of rotatable bonds is 1. The van der Waals surface area contributed by atoms with Gasteiger partial charge in [0.1, 0.15) is 5.66 Å². The number of amides is 2. The summed E-state index contributed by atoms with van der Waals surface area (Å²) in [6.45, 7) is 1.23. The molecule has 0 atom stereocenters. The van der Waals surface area contributed by atoms with E-state index in [2.05, 4.69) is 10.6 Å². The second-order valence-electron chi connectivity index (χ2n) is 6.37. The Labute approximate surface area is 140 Å². The average Bonchev–Trinajstić information content (AvgIpc) is 2.62. The Balaban J connectivity index is 1.49. The Morgan fingerprint density at radius 3 is 2.33 bits per heavy atom. The van der Waals surface area contributed by atoms with Crippen LogP contribution in [0.3, 0.4) is 0 Å². The standard InChI is InChI=1S/C19H19N3O2/c23-17-15-8-4-5-9-16(15)20-19(21-17)10-12-22(13-11-19)18(24)14-6-2-1-3-7-14/h1-9,20H,10-13H2,(H,21,23). The summed E-state index contributed by atoms with van der Waals surface area (Å²) in [5.74, 6) is 0.000159. The summed E-state index contributed by atoms with van der Waals surface area (Å²) in [6, 6.07) is 16.9. The van der Waals surface area contributed by atoms with Crippen LogP contribution >= 0.6 is 0 Å². The molecule has 4 rings (SSSR count). The molecule has 5 nitrogen and oxygen atoms in total. The molecule has 2 aliphatic rings. The molecular formula is C19H19N3O2. The summed E-state index contributed by atoms with van der Waals surface area (Å²) in [6.07, 6.45) is 1.37. The van der Waals surface area contributed by atoms with E-state index in [4.69, 9.17) is 0 Å². The highest BCUT2D eigenvalue weighted by Crippen LogP contribution is 2.31. The first-order valence-corrected chi connectivity index (χ1v) is 8.21. The molecule has 0 radical (unpaired) electrons. The first-order valence-electron chi connectivity index (χ1n) is 8.21. The van der Waals surface area contributed by atoms with Gasteiger partial charge in [-0.1, -0.05) is 30.3 Å². The van der Waals surface area contributed by atoms with Gasteiger partial charge in [-0.25, -0.2) is 0 Å². The van der Waals surface area contributed by atoms with E-state index in [1.54, 1.807) is 0 Å². The largest absolute Gasteiger partial charge is 0.362 e. The van der Waals surface area contributed by atoms with Gasteiger partial charge < -0.3 is 15.5 Å². The molecule has 1 fully saturated rings. The average molecular weight is 321 g/mol. The zero-order valence-electron chi connectivity index (χ0n) is 13.3. The van der Waals surface area contributed by atoms with Gasteiger partial charge >= 0.3 is 0 Å². The van der Waals surface area contributed by atoms with Gasteiger partial charge in [0.25, 0.3) is 11.8 Å². The monoisotopic (exact) mass is 321 g/mol. The Hall–Kier alpha value is -2.82. The van der Waals surface area contributed by atoms with Crippen molar-refractivity contribution in [1.29, 1.82) is 0 Å². The van der Waals surface area contributed by atoms with Crippen LogP contribution in [-0.4, -0.2) is 35.5 Å². The van der Waals surface area contributed by atoms with Crippen LogP contribution in [0.4, 0.5) is 5.69 Å². The van der Waals surface area contributed by atoms with Gasteiger partial charge in [-0.05, 0) is 24.3 Å². The van der Waals surface area contributed by atoms with E-state index in [0.29, 0.717) is 37.1 Å². The lowest BCUT2D eigenvalue weighted by Crippen LogP contribution is -2.62. The molecule has 2 aromatic carbocycles. The Kier molecular flexibility index (Phi) is 3.49. The molecule has 5 heteroatoms. The predicted octanol–water partition coefficient (Wildman–Crippen LogP) is 2.47. The number of benzene rings is 2. The van der Waals surface area contributed by atoms with Crippen molar-refractivity contribution in [3.05, 3.63) is 65.7 Å². The minimum Gasteiger partial charge on any atom is -0.362 e. The number of likely N-dealkylation sites (tertiary alicyclic amines) is 1. The quantitative estimate of drug-likeness (QED) is 0.848. The minimum atomic E-state index is -0.459. The number of hydrogen-bond donors (Lipinski definition) is 2. The molecule has 2 aromatic rings. The minimum absolute atomic E-state index is 0.0489. The summed E-state index contributed by atoms with van der Waals surface area (Å²) < 4.78 is 0. The third-order valence-corrected chi connectivity index (χ3v) is 4.82.